The molecule has 1 aromatic heterocycles. The van der Waals surface area contributed by atoms with E-state index in [4.69, 9.17) is 4.74 Å². The minimum Gasteiger partial charge on any atom is -0.455 e. The van der Waals surface area contributed by atoms with Gasteiger partial charge in [-0.05, 0) is 32.2 Å². The third kappa shape index (κ3) is 3.04. The van der Waals surface area contributed by atoms with Crippen molar-refractivity contribution in [2.24, 2.45) is 0 Å². The molecule has 0 fully saturated rings. The van der Waals surface area contributed by atoms with E-state index in [9.17, 15) is 0 Å². The van der Waals surface area contributed by atoms with Gasteiger partial charge in [0.25, 0.3) is 0 Å². The third-order valence-electron chi connectivity index (χ3n) is 2.49. The Morgan fingerprint density at radius 1 is 1.18 bits per heavy atom. The fourth-order valence-corrected chi connectivity index (χ4v) is 1.57. The summed E-state index contributed by atoms with van der Waals surface area (Å²) < 4.78 is 5.81. The number of aromatic nitrogens is 1. The molecule has 0 atom stereocenters. The van der Waals surface area contributed by atoms with Gasteiger partial charge in [0.2, 0.25) is 0 Å². The van der Waals surface area contributed by atoms with Gasteiger partial charge in [0.15, 0.2) is 0 Å². The van der Waals surface area contributed by atoms with Crippen molar-refractivity contribution < 1.29 is 4.74 Å². The summed E-state index contributed by atoms with van der Waals surface area (Å²) in [4.78, 5) is 4.09. The van der Waals surface area contributed by atoms with E-state index < -0.39 is 0 Å². The van der Waals surface area contributed by atoms with Crippen LogP contribution in [0, 0.1) is 6.92 Å². The summed E-state index contributed by atoms with van der Waals surface area (Å²) in [5, 5.41) is 3.11. The molecule has 0 aliphatic carbocycles. The second-order valence-corrected chi connectivity index (χ2v) is 3.93. The summed E-state index contributed by atoms with van der Waals surface area (Å²) in [6, 6.07) is 9.95. The van der Waals surface area contributed by atoms with Crippen LogP contribution in [0.25, 0.3) is 0 Å². The first-order chi connectivity index (χ1) is 8.29. The molecular formula is C14H16N2O. The first-order valence-corrected chi connectivity index (χ1v) is 5.61. The zero-order chi connectivity index (χ0) is 12.1. The molecule has 2 aromatic rings. The Kier molecular flexibility index (Phi) is 3.73. The third-order valence-corrected chi connectivity index (χ3v) is 2.49. The van der Waals surface area contributed by atoms with Crippen LogP contribution in [0.5, 0.6) is 11.5 Å². The molecule has 0 aliphatic heterocycles. The Balaban J connectivity index is 2.20. The van der Waals surface area contributed by atoms with Crippen molar-refractivity contribution in [1.29, 1.82) is 0 Å². The number of ether oxygens (including phenoxy) is 1. The van der Waals surface area contributed by atoms with Crippen LogP contribution < -0.4 is 10.1 Å². The Hall–Kier alpha value is -1.87. The molecule has 0 amide bonds. The molecule has 0 saturated carbocycles. The number of hydrogen-bond acceptors (Lipinski definition) is 3. The van der Waals surface area contributed by atoms with Crippen LogP contribution >= 0.6 is 0 Å². The minimum absolute atomic E-state index is 0.768. The van der Waals surface area contributed by atoms with Crippen molar-refractivity contribution in [3.05, 3.63) is 53.9 Å². The highest BCUT2D eigenvalue weighted by Gasteiger charge is 2.03. The van der Waals surface area contributed by atoms with E-state index in [0.29, 0.717) is 0 Å². The van der Waals surface area contributed by atoms with E-state index in [-0.39, 0.29) is 0 Å². The predicted molar refractivity (Wildman–Crippen MR) is 68.3 cm³/mol. The molecule has 2 rings (SSSR count). The van der Waals surface area contributed by atoms with Crippen LogP contribution in [-0.2, 0) is 6.54 Å². The van der Waals surface area contributed by atoms with Gasteiger partial charge in [-0.1, -0.05) is 17.7 Å². The monoisotopic (exact) mass is 228 g/mol. The van der Waals surface area contributed by atoms with Crippen molar-refractivity contribution in [2.45, 2.75) is 13.5 Å². The highest BCUT2D eigenvalue weighted by molar-refractivity contribution is 5.36. The van der Waals surface area contributed by atoms with E-state index in [0.717, 1.165) is 23.6 Å². The smallest absolute Gasteiger partial charge is 0.150 e. The first-order valence-electron chi connectivity index (χ1n) is 5.61. The quantitative estimate of drug-likeness (QED) is 0.873. The Labute approximate surface area is 101 Å². The molecule has 1 aromatic carbocycles. The van der Waals surface area contributed by atoms with Crippen LogP contribution in [0.4, 0.5) is 0 Å². The molecule has 0 spiro atoms. The number of hydrogen-bond donors (Lipinski definition) is 1. The number of aryl methyl sites for hydroxylation is 1. The molecule has 88 valence electrons. The van der Waals surface area contributed by atoms with Gasteiger partial charge in [-0.25, -0.2) is 0 Å². The summed E-state index contributed by atoms with van der Waals surface area (Å²) in [7, 11) is 1.91. The van der Waals surface area contributed by atoms with Gasteiger partial charge in [-0.2, -0.15) is 0 Å². The molecule has 0 unspecified atom stereocenters. The molecule has 0 bridgehead atoms. The average molecular weight is 228 g/mol. The lowest BCUT2D eigenvalue weighted by molar-refractivity contribution is 0.471. The normalized spacial score (nSPS) is 10.2. The number of nitrogens with zero attached hydrogens (tertiary/aromatic N) is 1. The zero-order valence-electron chi connectivity index (χ0n) is 10.1. The molecule has 17 heavy (non-hydrogen) atoms. The predicted octanol–water partition coefficient (Wildman–Crippen LogP) is 2.90. The second-order valence-electron chi connectivity index (χ2n) is 3.93. The van der Waals surface area contributed by atoms with Crippen molar-refractivity contribution >= 4 is 0 Å². The van der Waals surface area contributed by atoms with E-state index in [1.165, 1.54) is 5.56 Å². The lowest BCUT2D eigenvalue weighted by atomic mass is 10.2. The highest BCUT2D eigenvalue weighted by atomic mass is 16.5. The van der Waals surface area contributed by atoms with E-state index in [2.05, 4.69) is 17.2 Å². The van der Waals surface area contributed by atoms with Gasteiger partial charge in [0, 0.05) is 18.3 Å². The fraction of sp³-hybridized carbons (Fsp3) is 0.214. The van der Waals surface area contributed by atoms with Crippen LogP contribution in [0.2, 0.25) is 0 Å². The molecule has 0 saturated heterocycles. The van der Waals surface area contributed by atoms with Crippen molar-refractivity contribution in [2.75, 3.05) is 7.05 Å². The summed E-state index contributed by atoms with van der Waals surface area (Å²) in [5.41, 5.74) is 2.32. The van der Waals surface area contributed by atoms with Crippen molar-refractivity contribution in [3.8, 4) is 11.5 Å². The van der Waals surface area contributed by atoms with Gasteiger partial charge in [0.05, 0.1) is 6.20 Å². The maximum atomic E-state index is 5.81. The lowest BCUT2D eigenvalue weighted by Crippen LogP contribution is -2.06. The Bertz CT molecular complexity index is 480. The lowest BCUT2D eigenvalue weighted by Gasteiger charge is -2.10. The van der Waals surface area contributed by atoms with Crippen LogP contribution in [-0.4, -0.2) is 12.0 Å². The van der Waals surface area contributed by atoms with Gasteiger partial charge in [0.1, 0.15) is 11.5 Å². The number of pyridine rings is 1. The maximum Gasteiger partial charge on any atom is 0.150 e. The van der Waals surface area contributed by atoms with Gasteiger partial charge >= 0.3 is 0 Å². The maximum absolute atomic E-state index is 5.81. The van der Waals surface area contributed by atoms with Crippen molar-refractivity contribution in [3.63, 3.8) is 0 Å². The Morgan fingerprint density at radius 3 is 2.65 bits per heavy atom. The van der Waals surface area contributed by atoms with E-state index >= 15 is 0 Å². The Morgan fingerprint density at radius 2 is 1.94 bits per heavy atom. The number of benzene rings is 1. The minimum atomic E-state index is 0.768. The number of nitrogens with one attached hydrogen (secondary N) is 1. The summed E-state index contributed by atoms with van der Waals surface area (Å²) in [5.74, 6) is 1.63. The molecule has 1 heterocycles. The zero-order valence-corrected chi connectivity index (χ0v) is 10.1. The van der Waals surface area contributed by atoms with Gasteiger partial charge in [-0.3, -0.25) is 4.98 Å². The highest BCUT2D eigenvalue weighted by Crippen LogP contribution is 2.24. The van der Waals surface area contributed by atoms with E-state index in [1.807, 2.05) is 37.4 Å². The number of rotatable bonds is 4. The molecular weight excluding hydrogens is 212 g/mol. The SMILES string of the molecule is CNCc1ccncc1Oc1ccc(C)cc1. The van der Waals surface area contributed by atoms with Gasteiger partial charge < -0.3 is 10.1 Å². The van der Waals surface area contributed by atoms with Crippen LogP contribution in [0.3, 0.4) is 0 Å². The van der Waals surface area contributed by atoms with Gasteiger partial charge in [-0.15, -0.1) is 0 Å². The largest absolute Gasteiger partial charge is 0.455 e. The molecule has 0 radical (unpaired) electrons. The standard InChI is InChI=1S/C14H16N2O/c1-11-3-5-13(6-4-11)17-14-10-16-8-7-12(14)9-15-2/h3-8,10,15H,9H2,1-2H3. The molecule has 3 heteroatoms. The summed E-state index contributed by atoms with van der Waals surface area (Å²) in [6.45, 7) is 2.82. The average Bonchev–Trinajstić information content (AvgIpc) is 2.35. The molecule has 1 N–H and O–H groups in total. The van der Waals surface area contributed by atoms with Crippen LogP contribution in [0.1, 0.15) is 11.1 Å². The van der Waals surface area contributed by atoms with E-state index in [1.54, 1.807) is 12.4 Å². The molecule has 0 aliphatic rings. The second kappa shape index (κ2) is 5.46. The summed E-state index contributed by atoms with van der Waals surface area (Å²) >= 11 is 0. The molecule has 3 nitrogen and oxygen atoms in total. The first kappa shape index (κ1) is 11.6. The topological polar surface area (TPSA) is 34.2 Å². The van der Waals surface area contributed by atoms with Crippen molar-refractivity contribution in [1.82, 2.24) is 10.3 Å². The fourth-order valence-electron chi connectivity index (χ4n) is 1.57. The van der Waals surface area contributed by atoms with Crippen LogP contribution in [0.15, 0.2) is 42.7 Å². The summed E-state index contributed by atoms with van der Waals surface area (Å²) in [6.07, 6.45) is 3.52.